The quantitative estimate of drug-likeness (QED) is 0.791. The molecular weight excluding hydrogens is 293 g/mol. The lowest BCUT2D eigenvalue weighted by Crippen LogP contribution is -2.41. The van der Waals surface area contributed by atoms with E-state index in [1.165, 1.54) is 25.3 Å². The van der Waals surface area contributed by atoms with Crippen LogP contribution in [0.2, 0.25) is 0 Å². The van der Waals surface area contributed by atoms with E-state index >= 15 is 0 Å². The Labute approximate surface area is 126 Å². The van der Waals surface area contributed by atoms with Crippen LogP contribution in [0.1, 0.15) is 18.4 Å². The van der Waals surface area contributed by atoms with Crippen molar-refractivity contribution in [2.45, 2.75) is 18.3 Å². The van der Waals surface area contributed by atoms with Crippen molar-refractivity contribution in [3.63, 3.8) is 0 Å². The van der Waals surface area contributed by atoms with Crippen molar-refractivity contribution < 1.29 is 28.6 Å². The first-order valence-corrected chi connectivity index (χ1v) is 6.73. The highest BCUT2D eigenvalue weighted by Crippen LogP contribution is 2.40. The number of rotatable bonds is 6. The van der Waals surface area contributed by atoms with E-state index in [0.29, 0.717) is 0 Å². The molecule has 22 heavy (non-hydrogen) atoms. The minimum atomic E-state index is -1.69. The molecule has 1 heterocycles. The molecule has 1 aromatic carbocycles. The summed E-state index contributed by atoms with van der Waals surface area (Å²) in [5.74, 6) is -3.18. The van der Waals surface area contributed by atoms with Gasteiger partial charge < -0.3 is 9.84 Å². The van der Waals surface area contributed by atoms with Gasteiger partial charge in [-0.15, -0.1) is 0 Å². The Kier molecular flexibility index (Phi) is 4.56. The van der Waals surface area contributed by atoms with E-state index in [4.69, 9.17) is 9.84 Å². The molecule has 1 N–H and O–H groups in total. The van der Waals surface area contributed by atoms with Gasteiger partial charge in [-0.05, 0) is 6.07 Å². The first-order valence-electron chi connectivity index (χ1n) is 6.73. The van der Waals surface area contributed by atoms with Gasteiger partial charge in [0.15, 0.2) is 0 Å². The fraction of sp³-hybridized carbons (Fsp3) is 0.400. The third-order valence-electron chi connectivity index (χ3n) is 3.77. The van der Waals surface area contributed by atoms with Crippen LogP contribution in [0.3, 0.4) is 0 Å². The molecule has 6 nitrogen and oxygen atoms in total. The third-order valence-corrected chi connectivity index (χ3v) is 3.77. The molecule has 0 bridgehead atoms. The number of benzene rings is 1. The molecule has 1 aliphatic rings. The maximum Gasteiger partial charge on any atom is 0.304 e. The van der Waals surface area contributed by atoms with Gasteiger partial charge in [0.25, 0.3) is 0 Å². The van der Waals surface area contributed by atoms with E-state index in [1.807, 2.05) is 0 Å². The highest BCUT2D eigenvalue weighted by atomic mass is 19.1. The molecule has 0 aliphatic carbocycles. The lowest BCUT2D eigenvalue weighted by atomic mass is 9.75. The van der Waals surface area contributed by atoms with E-state index in [1.54, 1.807) is 0 Å². The summed E-state index contributed by atoms with van der Waals surface area (Å²) in [6.07, 6.45) is -0.995. The summed E-state index contributed by atoms with van der Waals surface area (Å²) in [5, 5.41) is 9.13. The van der Waals surface area contributed by atoms with E-state index in [-0.39, 0.29) is 25.1 Å². The maximum atomic E-state index is 14.1. The number of likely N-dealkylation sites (tertiary alicyclic amines) is 1. The number of halogens is 1. The molecule has 7 heteroatoms. The van der Waals surface area contributed by atoms with E-state index in [0.717, 1.165) is 11.0 Å². The fourth-order valence-electron chi connectivity index (χ4n) is 2.76. The van der Waals surface area contributed by atoms with Gasteiger partial charge in [0.05, 0.1) is 25.0 Å². The van der Waals surface area contributed by atoms with Crippen molar-refractivity contribution in [1.29, 1.82) is 0 Å². The molecule has 2 amide bonds. The van der Waals surface area contributed by atoms with Crippen LogP contribution < -0.4 is 0 Å². The second kappa shape index (κ2) is 6.23. The smallest absolute Gasteiger partial charge is 0.304 e. The number of amides is 2. The maximum absolute atomic E-state index is 14.1. The molecule has 1 saturated heterocycles. The van der Waals surface area contributed by atoms with Crippen LogP contribution in [-0.2, 0) is 24.5 Å². The number of methoxy groups -OCH3 is 1. The Balaban J connectivity index is 2.48. The molecule has 1 fully saturated rings. The summed E-state index contributed by atoms with van der Waals surface area (Å²) in [5.41, 5.74) is -1.75. The number of carbonyl (C=O) groups excluding carboxylic acids is 2. The lowest BCUT2D eigenvalue weighted by molar-refractivity contribution is -0.145. The monoisotopic (exact) mass is 309 g/mol. The zero-order valence-corrected chi connectivity index (χ0v) is 12.0. The summed E-state index contributed by atoms with van der Waals surface area (Å²) >= 11 is 0. The number of carbonyl (C=O) groups is 3. The van der Waals surface area contributed by atoms with Gasteiger partial charge in [-0.3, -0.25) is 19.3 Å². The van der Waals surface area contributed by atoms with Gasteiger partial charge in [0.2, 0.25) is 11.8 Å². The Bertz CT molecular complexity index is 618. The van der Waals surface area contributed by atoms with Crippen LogP contribution >= 0.6 is 0 Å². The normalized spacial score (nSPS) is 21.5. The number of carboxylic acids is 1. The summed E-state index contributed by atoms with van der Waals surface area (Å²) in [6, 6.07) is 5.45. The Morgan fingerprint density at radius 3 is 2.68 bits per heavy atom. The van der Waals surface area contributed by atoms with Gasteiger partial charge in [0.1, 0.15) is 5.82 Å². The average molecular weight is 309 g/mol. The number of imide groups is 1. The van der Waals surface area contributed by atoms with Crippen molar-refractivity contribution in [3.05, 3.63) is 35.6 Å². The highest BCUT2D eigenvalue weighted by molar-refractivity contribution is 6.10. The van der Waals surface area contributed by atoms with Crippen LogP contribution in [0.4, 0.5) is 4.39 Å². The SMILES string of the molecule is COCCN1C(=O)CC(CC(=O)O)(c2ccccc2F)C1=O. The number of aliphatic carboxylic acids is 1. The zero-order chi connectivity index (χ0) is 16.3. The van der Waals surface area contributed by atoms with Crippen LogP contribution in [0.5, 0.6) is 0 Å². The van der Waals surface area contributed by atoms with Crippen molar-refractivity contribution in [3.8, 4) is 0 Å². The van der Waals surface area contributed by atoms with Crippen LogP contribution in [0.25, 0.3) is 0 Å². The fourth-order valence-corrected chi connectivity index (χ4v) is 2.76. The van der Waals surface area contributed by atoms with Crippen molar-refractivity contribution in [1.82, 2.24) is 4.90 Å². The second-order valence-corrected chi connectivity index (χ2v) is 5.15. The number of ether oxygens (including phenoxy) is 1. The van der Waals surface area contributed by atoms with Gasteiger partial charge in [-0.2, -0.15) is 0 Å². The summed E-state index contributed by atoms with van der Waals surface area (Å²) < 4.78 is 19.0. The van der Waals surface area contributed by atoms with E-state index in [2.05, 4.69) is 0 Å². The van der Waals surface area contributed by atoms with Gasteiger partial charge >= 0.3 is 5.97 Å². The van der Waals surface area contributed by atoms with Crippen molar-refractivity contribution >= 4 is 17.8 Å². The Morgan fingerprint density at radius 2 is 2.09 bits per heavy atom. The number of nitrogens with zero attached hydrogens (tertiary/aromatic N) is 1. The molecule has 1 atom stereocenters. The molecule has 1 aliphatic heterocycles. The van der Waals surface area contributed by atoms with Crippen LogP contribution in [0.15, 0.2) is 24.3 Å². The Hall–Kier alpha value is -2.28. The van der Waals surface area contributed by atoms with Crippen LogP contribution in [-0.4, -0.2) is 48.1 Å². The zero-order valence-electron chi connectivity index (χ0n) is 12.0. The summed E-state index contributed by atoms with van der Waals surface area (Å²) in [7, 11) is 1.42. The standard InChI is InChI=1S/C15H16FNO5/c1-22-7-6-17-12(18)8-15(14(17)21,9-13(19)20)10-4-2-3-5-11(10)16/h2-5H,6-9H2,1H3,(H,19,20). The number of hydrogen-bond acceptors (Lipinski definition) is 4. The van der Waals surface area contributed by atoms with Crippen molar-refractivity contribution in [2.24, 2.45) is 0 Å². The minimum Gasteiger partial charge on any atom is -0.481 e. The van der Waals surface area contributed by atoms with Crippen molar-refractivity contribution in [2.75, 3.05) is 20.3 Å². The topological polar surface area (TPSA) is 83.9 Å². The minimum absolute atomic E-state index is 0.0178. The Morgan fingerprint density at radius 1 is 1.41 bits per heavy atom. The number of carboxylic acid groups (broad SMARTS) is 1. The van der Waals surface area contributed by atoms with Gasteiger partial charge in [-0.25, -0.2) is 4.39 Å². The first kappa shape index (κ1) is 16.1. The molecule has 2 rings (SSSR count). The largest absolute Gasteiger partial charge is 0.481 e. The summed E-state index contributed by atoms with van der Waals surface area (Å²) in [4.78, 5) is 36.9. The van der Waals surface area contributed by atoms with Gasteiger partial charge in [-0.1, -0.05) is 18.2 Å². The summed E-state index contributed by atoms with van der Waals surface area (Å²) in [6.45, 7) is 0.155. The highest BCUT2D eigenvalue weighted by Gasteiger charge is 2.54. The predicted octanol–water partition coefficient (Wildman–Crippen LogP) is 0.943. The predicted molar refractivity (Wildman–Crippen MR) is 73.5 cm³/mol. The molecule has 1 unspecified atom stereocenters. The van der Waals surface area contributed by atoms with Gasteiger partial charge in [0, 0.05) is 19.1 Å². The first-order chi connectivity index (χ1) is 10.4. The molecule has 0 spiro atoms. The molecular formula is C15H16FNO5. The third kappa shape index (κ3) is 2.71. The second-order valence-electron chi connectivity index (χ2n) is 5.15. The molecule has 0 radical (unpaired) electrons. The molecule has 0 saturated carbocycles. The van der Waals surface area contributed by atoms with Crippen LogP contribution in [0, 0.1) is 5.82 Å². The lowest BCUT2D eigenvalue weighted by Gasteiger charge is -2.26. The molecule has 1 aromatic rings. The number of hydrogen-bond donors (Lipinski definition) is 1. The average Bonchev–Trinajstić information content (AvgIpc) is 2.68. The van der Waals surface area contributed by atoms with E-state index < -0.39 is 35.4 Å². The molecule has 118 valence electrons. The molecule has 0 aromatic heterocycles. The van der Waals surface area contributed by atoms with E-state index in [9.17, 15) is 18.8 Å².